The van der Waals surface area contributed by atoms with E-state index in [-0.39, 0.29) is 19.3 Å². The molecule has 26 heteroatoms. The molecule has 8 aromatic rings. The van der Waals surface area contributed by atoms with Crippen LogP contribution in [0.15, 0.2) is 195 Å². The minimum atomic E-state index is -1.06. The van der Waals surface area contributed by atoms with Gasteiger partial charge in [-0.25, -0.2) is 19.9 Å². The zero-order chi connectivity index (χ0) is 68.3. The van der Waals surface area contributed by atoms with Crippen molar-refractivity contribution in [2.75, 3.05) is 100 Å². The van der Waals surface area contributed by atoms with Gasteiger partial charge in [-0.05, 0) is 157 Å². The summed E-state index contributed by atoms with van der Waals surface area (Å²) >= 11 is 4.65. The first-order chi connectivity index (χ1) is 45.8. The molecule has 0 aliphatic heterocycles. The van der Waals surface area contributed by atoms with E-state index in [1.165, 1.54) is 0 Å². The van der Waals surface area contributed by atoms with Crippen molar-refractivity contribution >= 4 is 98.4 Å². The third-order valence-corrected chi connectivity index (χ3v) is 18.3. The smallest absolute Gasteiger partial charge is 0.317 e. The highest BCUT2D eigenvalue weighted by atomic mass is 33.1. The number of thiol groups is 1. The number of carboxylic acid groups (broad SMARTS) is 4. The van der Waals surface area contributed by atoms with Crippen LogP contribution in [0.5, 0.6) is 23.0 Å². The SMILES string of the molecule is CN(CCOc1ccc(CC(S)C(=O)O)cc1)c1ccccn1.CN(CCOc1ccc(CC(SC(N)=O)C(=O)O)cc1)c1ccccn1.CN(CCOc1ccc(CC(SSC(Cc2ccc(OCCN(C)c3ccccn3)cc2)C(=O)O)C(=O)O)cc1)c1ccccn1. The zero-order valence-electron chi connectivity index (χ0n) is 53.1. The standard InChI is InChI=1S/C34H38N4O6S2.C18H21N3O4S.C17H20N2O3S/c1-37(31-7-3-5-17-35-31)19-21-43-27-13-9-25(10-14-27)23-29(33(39)40)45-46-30(34(41)42)24-26-11-15-28(16-12-26)44-22-20-38(2)32-8-4-6-18-36-32;1-21(16-4-2-3-9-20-16)10-11-25-14-7-5-13(6-8-14)12-15(17(22)23)26-18(19)24;1-19(16-4-2-3-9-18-16)10-11-22-14-7-5-13(6-8-14)12-15(23)17(20)21/h3-18,29-30H,19-24H2,1-2H3,(H,39,40)(H,41,42);2-9,15H,10-12H2,1H3,(H2,19,24)(H,22,23);2-9,15,23H,10-12H2,1H3,(H,20,21). The van der Waals surface area contributed by atoms with E-state index in [2.05, 4.69) is 32.6 Å². The number of likely N-dealkylation sites (N-methyl/N-ethyl adjacent to an activating group) is 4. The van der Waals surface area contributed by atoms with Crippen LogP contribution in [0.25, 0.3) is 0 Å². The maximum absolute atomic E-state index is 12.0. The summed E-state index contributed by atoms with van der Waals surface area (Å²) in [6.45, 7) is 4.66. The number of hydrogen-bond acceptors (Lipinski definition) is 21. The molecule has 0 fully saturated rings. The van der Waals surface area contributed by atoms with Gasteiger partial charge >= 0.3 is 23.9 Å². The van der Waals surface area contributed by atoms with E-state index in [0.717, 1.165) is 79.4 Å². The number of ether oxygens (including phenoxy) is 4. The molecule has 4 aromatic heterocycles. The minimum Gasteiger partial charge on any atom is -0.492 e. The summed E-state index contributed by atoms with van der Waals surface area (Å²) in [5, 5.41) is 33.8. The van der Waals surface area contributed by atoms with E-state index in [0.29, 0.717) is 81.5 Å². The summed E-state index contributed by atoms with van der Waals surface area (Å²) in [5.74, 6) is 2.37. The maximum Gasteiger partial charge on any atom is 0.317 e. The third-order valence-electron chi connectivity index (χ3n) is 14.0. The minimum absolute atomic E-state index is 0.214. The number of hydrogen-bond donors (Lipinski definition) is 6. The molecule has 4 atom stereocenters. The average Bonchev–Trinajstić information content (AvgIpc) is 1.56. The number of aromatic nitrogens is 4. The topological polar surface area (TPSA) is 294 Å². The number of amides is 1. The van der Waals surface area contributed by atoms with Gasteiger partial charge in [-0.3, -0.25) is 24.0 Å². The van der Waals surface area contributed by atoms with Crippen LogP contribution in [0.1, 0.15) is 22.3 Å². The van der Waals surface area contributed by atoms with Crippen LogP contribution in [0.4, 0.5) is 28.1 Å². The van der Waals surface area contributed by atoms with Crippen molar-refractivity contribution < 1.29 is 63.3 Å². The number of carboxylic acids is 4. The fourth-order valence-electron chi connectivity index (χ4n) is 8.60. The predicted molar refractivity (Wildman–Crippen MR) is 380 cm³/mol. The molecule has 0 aliphatic rings. The van der Waals surface area contributed by atoms with E-state index in [4.69, 9.17) is 34.9 Å². The summed E-state index contributed by atoms with van der Waals surface area (Å²) in [6.07, 6.45) is 8.11. The van der Waals surface area contributed by atoms with Gasteiger partial charge < -0.3 is 64.7 Å². The van der Waals surface area contributed by atoms with Gasteiger partial charge in [0.25, 0.3) is 5.24 Å². The zero-order valence-corrected chi connectivity index (χ0v) is 56.4. The van der Waals surface area contributed by atoms with E-state index in [1.54, 1.807) is 49.1 Å². The lowest BCUT2D eigenvalue weighted by molar-refractivity contribution is -0.137. The van der Waals surface area contributed by atoms with E-state index in [1.807, 2.05) is 193 Å². The van der Waals surface area contributed by atoms with Gasteiger partial charge in [0.1, 0.15) is 93.7 Å². The van der Waals surface area contributed by atoms with Gasteiger partial charge in [-0.1, -0.05) is 94.4 Å². The Bertz CT molecular complexity index is 3440. The Morgan fingerprint density at radius 2 is 0.642 bits per heavy atom. The molecule has 6 N–H and O–H groups in total. The van der Waals surface area contributed by atoms with Gasteiger partial charge in [-0.2, -0.15) is 12.6 Å². The monoisotopic (exact) mass is 1370 g/mol. The van der Waals surface area contributed by atoms with Crippen molar-refractivity contribution in [1.29, 1.82) is 0 Å². The number of aliphatic carboxylic acids is 4. The second kappa shape index (κ2) is 40.7. The first-order valence-electron chi connectivity index (χ1n) is 30.0. The lowest BCUT2D eigenvalue weighted by atomic mass is 10.1. The summed E-state index contributed by atoms with van der Waals surface area (Å²) in [7, 11) is 9.95. The Kier molecular flexibility index (Phi) is 32.0. The second-order valence-electron chi connectivity index (χ2n) is 21.2. The van der Waals surface area contributed by atoms with Crippen molar-refractivity contribution in [2.45, 2.75) is 46.7 Å². The predicted octanol–water partition coefficient (Wildman–Crippen LogP) is 10.5. The van der Waals surface area contributed by atoms with Gasteiger partial charge in [0.2, 0.25) is 0 Å². The highest BCUT2D eigenvalue weighted by molar-refractivity contribution is 8.77. The Labute approximate surface area is 571 Å². The fraction of sp³-hybridized carbons (Fsp3) is 0.290. The molecule has 0 spiro atoms. The third kappa shape index (κ3) is 28.0. The number of carbonyl (C=O) groups excluding carboxylic acids is 1. The molecule has 1 amide bonds. The van der Waals surface area contributed by atoms with Crippen LogP contribution in [0.2, 0.25) is 0 Å². The molecule has 0 bridgehead atoms. The van der Waals surface area contributed by atoms with E-state index < -0.39 is 50.1 Å². The fourth-order valence-corrected chi connectivity index (χ4v) is 12.1. The molecule has 0 radical (unpaired) electrons. The van der Waals surface area contributed by atoms with Crippen LogP contribution in [-0.4, -0.2) is 171 Å². The van der Waals surface area contributed by atoms with Gasteiger partial charge in [0, 0.05) is 53.0 Å². The van der Waals surface area contributed by atoms with Crippen molar-refractivity contribution in [3.63, 3.8) is 0 Å². The number of thioether (sulfide) groups is 1. The van der Waals surface area contributed by atoms with E-state index >= 15 is 0 Å². The van der Waals surface area contributed by atoms with Gasteiger partial charge in [0.05, 0.1) is 26.2 Å². The highest BCUT2D eigenvalue weighted by Gasteiger charge is 2.26. The van der Waals surface area contributed by atoms with Crippen molar-refractivity contribution in [3.05, 3.63) is 217 Å². The molecule has 95 heavy (non-hydrogen) atoms. The van der Waals surface area contributed by atoms with Crippen LogP contribution in [-0.2, 0) is 44.9 Å². The quantitative estimate of drug-likeness (QED) is 0.0157. The van der Waals surface area contributed by atoms with Crippen LogP contribution < -0.4 is 44.3 Å². The van der Waals surface area contributed by atoms with Gasteiger partial charge in [0.15, 0.2) is 0 Å². The number of nitrogens with two attached hydrogens (primary N) is 1. The normalized spacial score (nSPS) is 11.9. The molecule has 4 aromatic carbocycles. The molecule has 8 rings (SSSR count). The molecule has 4 unspecified atom stereocenters. The number of nitrogens with zero attached hydrogens (tertiary/aromatic N) is 8. The molecular weight excluding hydrogens is 1290 g/mol. The Morgan fingerprint density at radius 3 is 0.863 bits per heavy atom. The summed E-state index contributed by atoms with van der Waals surface area (Å²) in [6, 6.07) is 52.2. The summed E-state index contributed by atoms with van der Waals surface area (Å²) in [4.78, 5) is 82.1. The van der Waals surface area contributed by atoms with Crippen molar-refractivity contribution in [2.24, 2.45) is 5.73 Å². The second-order valence-corrected chi connectivity index (χ2v) is 25.7. The number of benzene rings is 4. The lowest BCUT2D eigenvalue weighted by Gasteiger charge is -2.18. The summed E-state index contributed by atoms with van der Waals surface area (Å²) < 4.78 is 23.1. The van der Waals surface area contributed by atoms with Crippen LogP contribution in [0.3, 0.4) is 0 Å². The number of carbonyl (C=O) groups is 5. The summed E-state index contributed by atoms with van der Waals surface area (Å²) in [5.41, 5.74) is 8.43. The van der Waals surface area contributed by atoms with Crippen molar-refractivity contribution in [1.82, 2.24) is 19.9 Å². The number of anilines is 4. The molecule has 0 saturated heterocycles. The van der Waals surface area contributed by atoms with Crippen molar-refractivity contribution in [3.8, 4) is 23.0 Å². The first-order valence-corrected chi connectivity index (χ1v) is 33.7. The Balaban J connectivity index is 0.000000246. The Morgan fingerprint density at radius 1 is 0.389 bits per heavy atom. The molecule has 22 nitrogen and oxygen atoms in total. The number of rotatable bonds is 36. The molecule has 0 aliphatic carbocycles. The molecular formula is C69H79N9O13S4. The van der Waals surface area contributed by atoms with E-state index in [9.17, 15) is 34.2 Å². The first kappa shape index (κ1) is 74.7. The largest absolute Gasteiger partial charge is 0.492 e. The lowest BCUT2D eigenvalue weighted by Crippen LogP contribution is -2.24. The molecule has 4 heterocycles. The Hall–Kier alpha value is -9.37. The van der Waals surface area contributed by atoms with Crippen LogP contribution >= 0.6 is 46.0 Å². The maximum atomic E-state index is 12.0. The van der Waals surface area contributed by atoms with Gasteiger partial charge in [-0.15, -0.1) is 0 Å². The number of pyridine rings is 4. The average molecular weight is 1370 g/mol. The highest BCUT2D eigenvalue weighted by Crippen LogP contribution is 2.35. The molecule has 0 saturated carbocycles. The van der Waals surface area contributed by atoms with Crippen LogP contribution in [0, 0.1) is 0 Å². The number of primary amides is 1. The molecule has 502 valence electrons.